The van der Waals surface area contributed by atoms with Crippen LogP contribution in [0.3, 0.4) is 0 Å². The number of anilines is 1. The van der Waals surface area contributed by atoms with Gasteiger partial charge in [0.2, 0.25) is 0 Å². The number of hydrogen-bond acceptors (Lipinski definition) is 4. The van der Waals surface area contributed by atoms with Gasteiger partial charge in [-0.25, -0.2) is 16.8 Å². The van der Waals surface area contributed by atoms with Crippen molar-refractivity contribution in [3.8, 4) is 0 Å². The standard InChI is InChI=1S/C21H18ClNO4S2/c1-16(2)20-14-13-17(15-21(20)22)23(28(24,25)18-9-5-3-6-10-18)29(26,27)19-11-7-4-8-12-19/h3-15H,1H2,2H3. The Balaban J connectivity index is 2.29. The average Bonchev–Trinajstić information content (AvgIpc) is 2.69. The SMILES string of the molecule is C=C(C)c1ccc(N(S(=O)(=O)c2ccccc2)S(=O)(=O)c2ccccc2)cc1Cl. The lowest BCUT2D eigenvalue weighted by Gasteiger charge is -2.24. The first kappa shape index (κ1) is 21.1. The molecule has 0 heterocycles. The highest BCUT2D eigenvalue weighted by Gasteiger charge is 2.37. The maximum atomic E-state index is 13.4. The third kappa shape index (κ3) is 4.07. The fourth-order valence-corrected chi connectivity index (χ4v) is 6.80. The summed E-state index contributed by atoms with van der Waals surface area (Å²) >= 11 is 6.28. The van der Waals surface area contributed by atoms with Crippen molar-refractivity contribution in [1.82, 2.24) is 0 Å². The molecule has 0 unspecified atom stereocenters. The molecular formula is C21H18ClNO4S2. The zero-order valence-electron chi connectivity index (χ0n) is 15.5. The van der Waals surface area contributed by atoms with Gasteiger partial charge in [0.1, 0.15) is 0 Å². The van der Waals surface area contributed by atoms with E-state index < -0.39 is 20.0 Å². The number of sulfonamides is 2. The summed E-state index contributed by atoms with van der Waals surface area (Å²) in [5.41, 5.74) is 1.18. The topological polar surface area (TPSA) is 71.5 Å². The summed E-state index contributed by atoms with van der Waals surface area (Å²) < 4.78 is 53.9. The van der Waals surface area contributed by atoms with E-state index in [0.29, 0.717) is 14.8 Å². The van der Waals surface area contributed by atoms with Crippen LogP contribution in [-0.4, -0.2) is 16.8 Å². The van der Waals surface area contributed by atoms with Crippen molar-refractivity contribution < 1.29 is 16.8 Å². The Morgan fingerprint density at radius 3 is 1.62 bits per heavy atom. The summed E-state index contributed by atoms with van der Waals surface area (Å²) in [6.07, 6.45) is 0. The second-order valence-electron chi connectivity index (χ2n) is 6.28. The van der Waals surface area contributed by atoms with E-state index in [0.717, 1.165) is 0 Å². The highest BCUT2D eigenvalue weighted by atomic mass is 35.5. The molecular weight excluding hydrogens is 430 g/mol. The molecule has 0 fully saturated rings. The van der Waals surface area contributed by atoms with Crippen molar-refractivity contribution in [2.75, 3.05) is 3.71 Å². The minimum atomic E-state index is -4.45. The maximum absolute atomic E-state index is 13.4. The minimum absolute atomic E-state index is 0.0901. The van der Waals surface area contributed by atoms with Crippen molar-refractivity contribution in [2.45, 2.75) is 16.7 Å². The molecule has 3 aromatic carbocycles. The zero-order valence-corrected chi connectivity index (χ0v) is 17.9. The van der Waals surface area contributed by atoms with E-state index in [1.54, 1.807) is 25.1 Å². The van der Waals surface area contributed by atoms with Crippen LogP contribution < -0.4 is 3.71 Å². The van der Waals surface area contributed by atoms with E-state index in [4.69, 9.17) is 11.6 Å². The van der Waals surface area contributed by atoms with Crippen LogP contribution in [0, 0.1) is 0 Å². The molecule has 0 saturated carbocycles. The Bertz CT molecular complexity index is 1190. The molecule has 3 aromatic rings. The quantitative estimate of drug-likeness (QED) is 0.535. The van der Waals surface area contributed by atoms with Gasteiger partial charge < -0.3 is 0 Å². The van der Waals surface area contributed by atoms with Crippen molar-refractivity contribution in [1.29, 1.82) is 0 Å². The van der Waals surface area contributed by atoms with Crippen LogP contribution >= 0.6 is 11.6 Å². The van der Waals surface area contributed by atoms with Gasteiger partial charge in [-0.05, 0) is 54.5 Å². The number of halogens is 1. The number of benzene rings is 3. The van der Waals surface area contributed by atoms with E-state index in [-0.39, 0.29) is 20.5 Å². The predicted octanol–water partition coefficient (Wildman–Crippen LogP) is 4.96. The van der Waals surface area contributed by atoms with Gasteiger partial charge in [-0.3, -0.25) is 0 Å². The molecule has 29 heavy (non-hydrogen) atoms. The fraction of sp³-hybridized carbons (Fsp3) is 0.0476. The number of allylic oxidation sites excluding steroid dienone is 1. The molecule has 0 aliphatic rings. The molecule has 5 nitrogen and oxygen atoms in total. The van der Waals surface area contributed by atoms with Gasteiger partial charge in [-0.15, -0.1) is 0 Å². The van der Waals surface area contributed by atoms with Crippen LogP contribution in [0.2, 0.25) is 5.02 Å². The second kappa shape index (κ2) is 8.02. The van der Waals surface area contributed by atoms with Crippen molar-refractivity contribution in [3.63, 3.8) is 0 Å². The van der Waals surface area contributed by atoms with E-state index in [1.807, 2.05) is 0 Å². The molecule has 8 heteroatoms. The Morgan fingerprint density at radius 1 is 0.793 bits per heavy atom. The van der Waals surface area contributed by atoms with Gasteiger partial charge in [-0.2, -0.15) is 3.71 Å². The summed E-state index contributed by atoms with van der Waals surface area (Å²) in [5, 5.41) is 0.200. The third-order valence-corrected chi connectivity index (χ3v) is 8.66. The Kier molecular flexibility index (Phi) is 5.84. The van der Waals surface area contributed by atoms with E-state index in [9.17, 15) is 16.8 Å². The first-order chi connectivity index (χ1) is 13.7. The second-order valence-corrected chi connectivity index (χ2v) is 10.5. The molecule has 0 atom stereocenters. The van der Waals surface area contributed by atoms with Crippen LogP contribution in [0.5, 0.6) is 0 Å². The van der Waals surface area contributed by atoms with Crippen LogP contribution in [0.1, 0.15) is 12.5 Å². The number of hydrogen-bond donors (Lipinski definition) is 0. The Labute approximate surface area is 176 Å². The molecule has 150 valence electrons. The van der Waals surface area contributed by atoms with Crippen molar-refractivity contribution in [2.24, 2.45) is 0 Å². The molecule has 0 N–H and O–H groups in total. The number of rotatable bonds is 6. The van der Waals surface area contributed by atoms with Crippen LogP contribution in [0.4, 0.5) is 5.69 Å². The molecule has 0 amide bonds. The molecule has 0 spiro atoms. The summed E-state index contributed by atoms with van der Waals surface area (Å²) in [5.74, 6) is 0. The molecule has 0 aromatic heterocycles. The lowest BCUT2D eigenvalue weighted by molar-refractivity contribution is 0.584. The lowest BCUT2D eigenvalue weighted by atomic mass is 10.1. The van der Waals surface area contributed by atoms with Crippen molar-refractivity contribution in [3.05, 3.63) is 96.0 Å². The fourth-order valence-electron chi connectivity index (χ4n) is 2.75. The smallest absolute Gasteiger partial charge is 0.200 e. The zero-order chi connectivity index (χ0) is 21.2. The van der Waals surface area contributed by atoms with E-state index in [1.165, 1.54) is 60.7 Å². The molecule has 0 bridgehead atoms. The third-order valence-electron chi connectivity index (χ3n) is 4.14. The van der Waals surface area contributed by atoms with Crippen LogP contribution in [0.25, 0.3) is 5.57 Å². The summed E-state index contributed by atoms with van der Waals surface area (Å²) in [7, 11) is -8.89. The normalized spacial score (nSPS) is 11.8. The minimum Gasteiger partial charge on any atom is -0.200 e. The first-order valence-corrected chi connectivity index (χ1v) is 11.8. The Morgan fingerprint density at radius 2 is 1.24 bits per heavy atom. The van der Waals surface area contributed by atoms with Gasteiger partial charge >= 0.3 is 0 Å². The van der Waals surface area contributed by atoms with Gasteiger partial charge in [0.15, 0.2) is 0 Å². The van der Waals surface area contributed by atoms with E-state index >= 15 is 0 Å². The van der Waals surface area contributed by atoms with E-state index in [2.05, 4.69) is 6.58 Å². The first-order valence-electron chi connectivity index (χ1n) is 8.52. The Hall–Kier alpha value is -2.61. The monoisotopic (exact) mass is 447 g/mol. The van der Waals surface area contributed by atoms with Gasteiger partial charge in [-0.1, -0.05) is 60.6 Å². The molecule has 0 aliphatic carbocycles. The highest BCUT2D eigenvalue weighted by molar-refractivity contribution is 8.10. The summed E-state index contributed by atoms with van der Waals surface area (Å²) in [4.78, 5) is -0.306. The molecule has 0 saturated heterocycles. The van der Waals surface area contributed by atoms with Crippen LogP contribution in [0.15, 0.2) is 95.2 Å². The largest absolute Gasteiger partial charge is 0.277 e. The lowest BCUT2D eigenvalue weighted by Crippen LogP contribution is -2.37. The summed E-state index contributed by atoms with van der Waals surface area (Å²) in [6, 6.07) is 19.0. The average molecular weight is 448 g/mol. The van der Waals surface area contributed by atoms with Crippen molar-refractivity contribution >= 4 is 42.9 Å². The number of nitrogens with zero attached hydrogens (tertiary/aromatic N) is 1. The maximum Gasteiger partial charge on any atom is 0.277 e. The predicted molar refractivity (Wildman–Crippen MR) is 116 cm³/mol. The summed E-state index contributed by atoms with van der Waals surface area (Å²) in [6.45, 7) is 5.57. The van der Waals surface area contributed by atoms with Crippen LogP contribution in [-0.2, 0) is 20.0 Å². The van der Waals surface area contributed by atoms with Gasteiger partial charge in [0.25, 0.3) is 20.0 Å². The highest BCUT2D eigenvalue weighted by Crippen LogP contribution is 2.34. The molecule has 0 radical (unpaired) electrons. The molecule has 0 aliphatic heterocycles. The van der Waals surface area contributed by atoms with Gasteiger partial charge in [0, 0.05) is 0 Å². The molecule has 3 rings (SSSR count). The van der Waals surface area contributed by atoms with Gasteiger partial charge in [0.05, 0.1) is 20.5 Å².